The van der Waals surface area contributed by atoms with Crippen molar-refractivity contribution in [3.8, 4) is 5.75 Å². The summed E-state index contributed by atoms with van der Waals surface area (Å²) in [7, 11) is 0. The predicted molar refractivity (Wildman–Crippen MR) is 107 cm³/mol. The summed E-state index contributed by atoms with van der Waals surface area (Å²) >= 11 is 0. The minimum absolute atomic E-state index is 0.709. The largest absolute Gasteiger partial charge is 0.494 e. The third kappa shape index (κ3) is 5.01. The average Bonchev–Trinajstić information content (AvgIpc) is 3.12. The molecule has 4 rings (SSSR count). The first kappa shape index (κ1) is 18.3. The summed E-state index contributed by atoms with van der Waals surface area (Å²) in [5, 5.41) is 12.0. The van der Waals surface area contributed by atoms with E-state index in [1.165, 1.54) is 50.8 Å². The van der Waals surface area contributed by atoms with E-state index in [0.29, 0.717) is 6.61 Å². The molecule has 1 aromatic heterocycles. The molecule has 3 heterocycles. The zero-order valence-corrected chi connectivity index (χ0v) is 16.2. The van der Waals surface area contributed by atoms with E-state index in [-0.39, 0.29) is 0 Å². The lowest BCUT2D eigenvalue weighted by molar-refractivity contribution is 0.220. The lowest BCUT2D eigenvalue weighted by Crippen LogP contribution is -2.29. The molecule has 0 atom stereocenters. The molecule has 2 aliphatic heterocycles. The maximum absolute atomic E-state index is 5.97. The highest BCUT2D eigenvalue weighted by Gasteiger charge is 2.15. The molecule has 0 amide bonds. The summed E-state index contributed by atoms with van der Waals surface area (Å²) in [6.07, 6.45) is 8.48. The first-order valence-electron chi connectivity index (χ1n) is 10.5. The van der Waals surface area contributed by atoms with Gasteiger partial charge >= 0.3 is 0 Å². The molecule has 0 unspecified atom stereocenters. The Balaban J connectivity index is 1.19. The van der Waals surface area contributed by atoms with Crippen LogP contribution in [-0.4, -0.2) is 45.9 Å². The second-order valence-corrected chi connectivity index (χ2v) is 7.66. The lowest BCUT2D eigenvalue weighted by Gasteiger charge is -2.26. The topological polar surface area (TPSA) is 55.2 Å². The molecule has 27 heavy (non-hydrogen) atoms. The van der Waals surface area contributed by atoms with Crippen molar-refractivity contribution in [3.05, 3.63) is 35.7 Å². The van der Waals surface area contributed by atoms with E-state index in [1.807, 2.05) is 0 Å². The Morgan fingerprint density at radius 1 is 1.00 bits per heavy atom. The summed E-state index contributed by atoms with van der Waals surface area (Å²) in [4.78, 5) is 2.55. The fraction of sp³-hybridized carbons (Fsp3) is 0.619. The molecule has 1 saturated heterocycles. The SMILES string of the molecule is c1cc(CN2CCCCC2)cc(OCCCNc2nnc3n2CCCC3)c1. The number of hydrogen-bond acceptors (Lipinski definition) is 5. The van der Waals surface area contributed by atoms with Gasteiger partial charge in [0.1, 0.15) is 11.6 Å². The molecule has 2 aliphatic rings. The van der Waals surface area contributed by atoms with Crippen LogP contribution < -0.4 is 10.1 Å². The van der Waals surface area contributed by atoms with Gasteiger partial charge in [-0.05, 0) is 62.9 Å². The van der Waals surface area contributed by atoms with Gasteiger partial charge in [-0.1, -0.05) is 18.6 Å². The predicted octanol–water partition coefficient (Wildman–Crippen LogP) is 3.48. The normalized spacial score (nSPS) is 17.5. The number of ether oxygens (including phenoxy) is 1. The van der Waals surface area contributed by atoms with Crippen LogP contribution in [0.5, 0.6) is 5.75 Å². The third-order valence-electron chi connectivity index (χ3n) is 5.49. The van der Waals surface area contributed by atoms with Crippen molar-refractivity contribution < 1.29 is 4.74 Å². The summed E-state index contributed by atoms with van der Waals surface area (Å²) in [6, 6.07) is 8.56. The molecular weight excluding hydrogens is 338 g/mol. The second kappa shape index (κ2) is 9.22. The number of nitrogens with zero attached hydrogens (tertiary/aromatic N) is 4. The number of aromatic nitrogens is 3. The Morgan fingerprint density at radius 2 is 1.89 bits per heavy atom. The lowest BCUT2D eigenvalue weighted by atomic mass is 10.1. The fourth-order valence-corrected chi connectivity index (χ4v) is 4.01. The summed E-state index contributed by atoms with van der Waals surface area (Å²) in [6.45, 7) is 6.08. The highest BCUT2D eigenvalue weighted by molar-refractivity contribution is 5.29. The molecule has 0 radical (unpaired) electrons. The molecule has 6 heteroatoms. The van der Waals surface area contributed by atoms with E-state index in [2.05, 4.69) is 49.2 Å². The van der Waals surface area contributed by atoms with Crippen LogP contribution in [0.15, 0.2) is 24.3 Å². The fourth-order valence-electron chi connectivity index (χ4n) is 4.01. The van der Waals surface area contributed by atoms with E-state index < -0.39 is 0 Å². The second-order valence-electron chi connectivity index (χ2n) is 7.66. The molecule has 2 aromatic rings. The number of likely N-dealkylation sites (tertiary alicyclic amines) is 1. The van der Waals surface area contributed by atoms with Crippen LogP contribution in [0.25, 0.3) is 0 Å². The Labute approximate surface area is 161 Å². The molecule has 6 nitrogen and oxygen atoms in total. The molecule has 0 saturated carbocycles. The van der Waals surface area contributed by atoms with Crippen LogP contribution in [0, 0.1) is 0 Å². The Kier molecular flexibility index (Phi) is 6.25. The maximum Gasteiger partial charge on any atom is 0.224 e. The Morgan fingerprint density at radius 3 is 2.81 bits per heavy atom. The van der Waals surface area contributed by atoms with Gasteiger partial charge < -0.3 is 10.1 Å². The third-order valence-corrected chi connectivity index (χ3v) is 5.49. The van der Waals surface area contributed by atoms with Gasteiger partial charge in [0.2, 0.25) is 5.95 Å². The van der Waals surface area contributed by atoms with Crippen molar-refractivity contribution in [3.63, 3.8) is 0 Å². The van der Waals surface area contributed by atoms with Gasteiger partial charge in [-0.25, -0.2) is 0 Å². The first-order valence-corrected chi connectivity index (χ1v) is 10.5. The molecule has 1 fully saturated rings. The van der Waals surface area contributed by atoms with Crippen molar-refractivity contribution in [2.24, 2.45) is 0 Å². The Bertz CT molecular complexity index is 723. The average molecular weight is 370 g/mol. The van der Waals surface area contributed by atoms with Gasteiger partial charge in [-0.2, -0.15) is 0 Å². The van der Waals surface area contributed by atoms with Gasteiger partial charge in [0.05, 0.1) is 6.61 Å². The minimum atomic E-state index is 0.709. The standard InChI is InChI=1S/C21H31N5O/c1-3-12-25(13-4-1)17-18-8-6-9-19(16-18)27-15-7-11-22-21-24-23-20-10-2-5-14-26(20)21/h6,8-9,16H,1-5,7,10-15,17H2,(H,22,24). The minimum Gasteiger partial charge on any atom is -0.494 e. The van der Waals surface area contributed by atoms with Gasteiger partial charge in [-0.15, -0.1) is 10.2 Å². The quantitative estimate of drug-likeness (QED) is 0.722. The molecular formula is C21H31N5O. The van der Waals surface area contributed by atoms with Crippen molar-refractivity contribution in [1.29, 1.82) is 0 Å². The van der Waals surface area contributed by atoms with Crippen LogP contribution in [0.2, 0.25) is 0 Å². The zero-order valence-electron chi connectivity index (χ0n) is 16.2. The van der Waals surface area contributed by atoms with Gasteiger partial charge in [-0.3, -0.25) is 9.47 Å². The monoisotopic (exact) mass is 369 g/mol. The molecule has 0 aliphatic carbocycles. The van der Waals surface area contributed by atoms with E-state index in [0.717, 1.165) is 50.0 Å². The highest BCUT2D eigenvalue weighted by Crippen LogP contribution is 2.19. The summed E-state index contributed by atoms with van der Waals surface area (Å²) in [5.41, 5.74) is 1.35. The van der Waals surface area contributed by atoms with Crippen LogP contribution in [0.3, 0.4) is 0 Å². The summed E-state index contributed by atoms with van der Waals surface area (Å²) in [5.74, 6) is 3.00. The summed E-state index contributed by atoms with van der Waals surface area (Å²) < 4.78 is 8.18. The van der Waals surface area contributed by atoms with Crippen LogP contribution in [-0.2, 0) is 19.5 Å². The molecule has 1 aromatic carbocycles. The smallest absolute Gasteiger partial charge is 0.224 e. The van der Waals surface area contributed by atoms with Crippen LogP contribution in [0.1, 0.15) is 49.9 Å². The number of piperidine rings is 1. The van der Waals surface area contributed by atoms with Crippen molar-refractivity contribution in [2.45, 2.75) is 58.0 Å². The van der Waals surface area contributed by atoms with Crippen molar-refractivity contribution in [2.75, 3.05) is 31.6 Å². The van der Waals surface area contributed by atoms with Gasteiger partial charge in [0.15, 0.2) is 0 Å². The van der Waals surface area contributed by atoms with Gasteiger partial charge in [0, 0.05) is 26.1 Å². The first-order chi connectivity index (χ1) is 13.4. The number of nitrogens with one attached hydrogen (secondary N) is 1. The molecule has 0 spiro atoms. The molecule has 146 valence electrons. The number of fused-ring (bicyclic) bond motifs is 1. The highest BCUT2D eigenvalue weighted by atomic mass is 16.5. The van der Waals surface area contributed by atoms with E-state index >= 15 is 0 Å². The van der Waals surface area contributed by atoms with Crippen LogP contribution in [0.4, 0.5) is 5.95 Å². The van der Waals surface area contributed by atoms with Crippen molar-refractivity contribution in [1.82, 2.24) is 19.7 Å². The zero-order chi connectivity index (χ0) is 18.3. The maximum atomic E-state index is 5.97. The number of anilines is 1. The molecule has 0 bridgehead atoms. The van der Waals surface area contributed by atoms with E-state index in [1.54, 1.807) is 0 Å². The van der Waals surface area contributed by atoms with Crippen molar-refractivity contribution >= 4 is 5.95 Å². The molecule has 1 N–H and O–H groups in total. The van der Waals surface area contributed by atoms with E-state index in [9.17, 15) is 0 Å². The number of rotatable bonds is 8. The number of hydrogen-bond donors (Lipinski definition) is 1. The number of benzene rings is 1. The Hall–Kier alpha value is -2.08. The van der Waals surface area contributed by atoms with Gasteiger partial charge in [0.25, 0.3) is 0 Å². The van der Waals surface area contributed by atoms with Crippen LogP contribution >= 0.6 is 0 Å². The van der Waals surface area contributed by atoms with E-state index in [4.69, 9.17) is 4.74 Å². The number of aryl methyl sites for hydroxylation is 1.